The molecule has 0 bridgehead atoms. The summed E-state index contributed by atoms with van der Waals surface area (Å²) in [4.78, 5) is 17.1. The summed E-state index contributed by atoms with van der Waals surface area (Å²) < 4.78 is 31.1. The number of aliphatic carboxylic acids is 1. The number of hydrogen-bond acceptors (Lipinski definition) is 7. The third-order valence-corrected chi connectivity index (χ3v) is 5.31. The number of methoxy groups -OCH3 is 1. The predicted octanol–water partition coefficient (Wildman–Crippen LogP) is 4.77. The largest absolute Gasteiger partial charge is 0.490 e. The summed E-state index contributed by atoms with van der Waals surface area (Å²) in [6.07, 6.45) is 0.965. The molecule has 8 nitrogen and oxygen atoms in total. The smallest absolute Gasteiger partial charge is 0.304 e. The Morgan fingerprint density at radius 1 is 1.24 bits per heavy atom. The zero-order valence-corrected chi connectivity index (χ0v) is 19.9. The molecule has 34 heavy (non-hydrogen) atoms. The van der Waals surface area contributed by atoms with Gasteiger partial charge in [-0.25, -0.2) is 4.39 Å². The first kappa shape index (κ1) is 25.3. The van der Waals surface area contributed by atoms with Gasteiger partial charge in [0.25, 0.3) is 5.89 Å². The van der Waals surface area contributed by atoms with Crippen molar-refractivity contribution in [2.24, 2.45) is 0 Å². The first-order valence-corrected chi connectivity index (χ1v) is 11.1. The lowest BCUT2D eigenvalue weighted by atomic mass is 10.1. The highest BCUT2D eigenvalue weighted by molar-refractivity contribution is 5.67. The van der Waals surface area contributed by atoms with Crippen molar-refractivity contribution in [2.45, 2.75) is 45.9 Å². The normalized spacial score (nSPS) is 12.2. The molecule has 0 saturated heterocycles. The Bertz CT molecular complexity index is 1120. The van der Waals surface area contributed by atoms with Crippen molar-refractivity contribution in [3.05, 3.63) is 53.3 Å². The molecule has 0 spiro atoms. The molecule has 1 aromatic heterocycles. The number of rotatable bonds is 12. The summed E-state index contributed by atoms with van der Waals surface area (Å²) in [7, 11) is 3.40. The van der Waals surface area contributed by atoms with Crippen LogP contribution in [0.2, 0.25) is 0 Å². The van der Waals surface area contributed by atoms with Gasteiger partial charge in [-0.2, -0.15) is 4.98 Å². The number of hydrogen-bond donors (Lipinski definition) is 1. The molecule has 9 heteroatoms. The van der Waals surface area contributed by atoms with E-state index in [1.165, 1.54) is 12.1 Å². The molecule has 0 aliphatic heterocycles. The van der Waals surface area contributed by atoms with Crippen LogP contribution in [0.5, 0.6) is 5.75 Å². The van der Waals surface area contributed by atoms with Crippen LogP contribution in [0.25, 0.3) is 22.8 Å². The highest BCUT2D eigenvalue weighted by atomic mass is 19.1. The Balaban J connectivity index is 1.82. The van der Waals surface area contributed by atoms with Gasteiger partial charge >= 0.3 is 5.97 Å². The van der Waals surface area contributed by atoms with Crippen molar-refractivity contribution in [1.29, 1.82) is 0 Å². The topological polar surface area (TPSA) is 97.9 Å². The molecule has 1 heterocycles. The molecule has 0 saturated carbocycles. The van der Waals surface area contributed by atoms with Crippen LogP contribution < -0.4 is 4.74 Å². The summed E-state index contributed by atoms with van der Waals surface area (Å²) in [5.41, 5.74) is 2.72. The summed E-state index contributed by atoms with van der Waals surface area (Å²) in [5.74, 6) is -0.0101. The molecule has 1 N–H and O–H groups in total. The third-order valence-electron chi connectivity index (χ3n) is 5.31. The van der Waals surface area contributed by atoms with E-state index < -0.39 is 11.8 Å². The molecule has 0 aliphatic carbocycles. The molecule has 0 aliphatic rings. The van der Waals surface area contributed by atoms with E-state index in [0.717, 1.165) is 17.7 Å². The van der Waals surface area contributed by atoms with Crippen LogP contribution in [0.3, 0.4) is 0 Å². The van der Waals surface area contributed by atoms with Gasteiger partial charge < -0.3 is 24.0 Å². The molecule has 3 aromatic rings. The average molecular weight is 472 g/mol. The van der Waals surface area contributed by atoms with Crippen molar-refractivity contribution < 1.29 is 28.3 Å². The minimum atomic E-state index is -0.876. The Morgan fingerprint density at radius 3 is 2.74 bits per heavy atom. The van der Waals surface area contributed by atoms with Crippen LogP contribution in [0, 0.1) is 5.82 Å². The van der Waals surface area contributed by atoms with Crippen LogP contribution in [-0.4, -0.2) is 52.9 Å². The van der Waals surface area contributed by atoms with E-state index in [4.69, 9.17) is 19.1 Å². The number of carboxylic acids is 1. The van der Waals surface area contributed by atoms with E-state index in [-0.39, 0.29) is 18.3 Å². The van der Waals surface area contributed by atoms with Gasteiger partial charge in [0.2, 0.25) is 5.82 Å². The lowest BCUT2D eigenvalue weighted by molar-refractivity contribution is -0.137. The number of nitrogens with zero attached hydrogens (tertiary/aromatic N) is 3. The predicted molar refractivity (Wildman–Crippen MR) is 125 cm³/mol. The minimum Gasteiger partial charge on any atom is -0.490 e. The van der Waals surface area contributed by atoms with Gasteiger partial charge in [-0.3, -0.25) is 4.79 Å². The van der Waals surface area contributed by atoms with Crippen LogP contribution in [0.1, 0.15) is 37.8 Å². The zero-order chi connectivity index (χ0) is 24.7. The third kappa shape index (κ3) is 6.85. The zero-order valence-electron chi connectivity index (χ0n) is 19.9. The fourth-order valence-corrected chi connectivity index (χ4v) is 3.40. The van der Waals surface area contributed by atoms with E-state index in [1.54, 1.807) is 20.2 Å². The molecular formula is C25H30FN3O5. The quantitative estimate of drug-likeness (QED) is 0.403. The van der Waals surface area contributed by atoms with Gasteiger partial charge in [0, 0.05) is 36.9 Å². The monoisotopic (exact) mass is 471 g/mol. The number of benzene rings is 2. The molecule has 0 radical (unpaired) electrons. The number of halogens is 1. The molecule has 1 atom stereocenters. The van der Waals surface area contributed by atoms with E-state index in [2.05, 4.69) is 17.1 Å². The number of ether oxygens (including phenoxy) is 2. The summed E-state index contributed by atoms with van der Waals surface area (Å²) in [6.45, 7) is 5.17. The van der Waals surface area contributed by atoms with Crippen LogP contribution >= 0.6 is 0 Å². The molecule has 2 aromatic carbocycles. The van der Waals surface area contributed by atoms with Crippen LogP contribution in [0.15, 0.2) is 40.9 Å². The number of carbonyl (C=O) groups is 1. The number of carboxylic acid groups (broad SMARTS) is 1. The maximum atomic E-state index is 14.3. The van der Waals surface area contributed by atoms with Crippen molar-refractivity contribution >= 4 is 5.97 Å². The fraction of sp³-hybridized carbons (Fsp3) is 0.400. The maximum Gasteiger partial charge on any atom is 0.304 e. The Kier molecular flexibility index (Phi) is 8.72. The van der Waals surface area contributed by atoms with E-state index in [1.807, 2.05) is 30.0 Å². The second-order valence-corrected chi connectivity index (χ2v) is 8.25. The lowest BCUT2D eigenvalue weighted by Crippen LogP contribution is -2.21. The van der Waals surface area contributed by atoms with Crippen molar-refractivity contribution in [3.8, 4) is 28.6 Å². The second kappa shape index (κ2) is 11.7. The summed E-state index contributed by atoms with van der Waals surface area (Å²) >= 11 is 0. The van der Waals surface area contributed by atoms with Crippen molar-refractivity contribution in [3.63, 3.8) is 0 Å². The maximum absolute atomic E-state index is 14.3. The van der Waals surface area contributed by atoms with Crippen LogP contribution in [-0.2, 0) is 22.7 Å². The van der Waals surface area contributed by atoms with Gasteiger partial charge in [0.15, 0.2) is 0 Å². The SMILES string of the molecule is CCC(C)Oc1ccc(-c2nc(-c3cc(F)cc(CN(C)CCC(=O)O)c3)no2)cc1COC. The summed E-state index contributed by atoms with van der Waals surface area (Å²) in [5, 5.41) is 12.9. The highest BCUT2D eigenvalue weighted by Gasteiger charge is 2.16. The molecule has 182 valence electrons. The molecule has 3 rings (SSSR count). The average Bonchev–Trinajstić information content (AvgIpc) is 3.29. The molecule has 0 fully saturated rings. The minimum absolute atomic E-state index is 0.0130. The van der Waals surface area contributed by atoms with Gasteiger partial charge in [0.05, 0.1) is 19.1 Å². The first-order valence-electron chi connectivity index (χ1n) is 11.1. The Labute approximate surface area is 198 Å². The standard InChI is InChI=1S/C25H30FN3O5/c1-5-16(2)33-22-7-6-18(12-20(22)15-32-4)25-27-24(28-34-25)19-10-17(11-21(26)13-19)14-29(3)9-8-23(30)31/h6-7,10-13,16H,5,8-9,14-15H2,1-4H3,(H,30,31). The second-order valence-electron chi connectivity index (χ2n) is 8.25. The first-order chi connectivity index (χ1) is 16.3. The van der Waals surface area contributed by atoms with Gasteiger partial charge in [-0.05, 0) is 62.4 Å². The molecule has 1 unspecified atom stereocenters. The van der Waals surface area contributed by atoms with E-state index >= 15 is 0 Å². The van der Waals surface area contributed by atoms with Gasteiger partial charge in [-0.1, -0.05) is 12.1 Å². The van der Waals surface area contributed by atoms with Gasteiger partial charge in [-0.15, -0.1) is 0 Å². The Hall–Kier alpha value is -3.30. The Morgan fingerprint density at radius 2 is 2.03 bits per heavy atom. The van der Waals surface area contributed by atoms with Crippen molar-refractivity contribution in [2.75, 3.05) is 20.7 Å². The van der Waals surface area contributed by atoms with E-state index in [9.17, 15) is 9.18 Å². The number of aromatic nitrogens is 2. The van der Waals surface area contributed by atoms with Crippen LogP contribution in [0.4, 0.5) is 4.39 Å². The fourth-order valence-electron chi connectivity index (χ4n) is 3.40. The highest BCUT2D eigenvalue weighted by Crippen LogP contribution is 2.29. The molecular weight excluding hydrogens is 441 g/mol. The van der Waals surface area contributed by atoms with E-state index in [0.29, 0.717) is 42.3 Å². The summed E-state index contributed by atoms with van der Waals surface area (Å²) in [6, 6.07) is 10.1. The van der Waals surface area contributed by atoms with Crippen molar-refractivity contribution in [1.82, 2.24) is 15.0 Å². The van der Waals surface area contributed by atoms with Gasteiger partial charge in [0.1, 0.15) is 11.6 Å². The molecule has 0 amide bonds. The lowest BCUT2D eigenvalue weighted by Gasteiger charge is -2.16.